The van der Waals surface area contributed by atoms with Gasteiger partial charge >= 0.3 is 0 Å². The Kier molecular flexibility index (Phi) is 4.05. The zero-order chi connectivity index (χ0) is 16.2. The Morgan fingerprint density at radius 1 is 1.30 bits per heavy atom. The van der Waals surface area contributed by atoms with Gasteiger partial charge in [-0.2, -0.15) is 0 Å². The van der Waals surface area contributed by atoms with Crippen LogP contribution in [0.4, 0.5) is 0 Å². The van der Waals surface area contributed by atoms with Gasteiger partial charge in [-0.3, -0.25) is 14.6 Å². The van der Waals surface area contributed by atoms with Crippen molar-refractivity contribution in [3.8, 4) is 5.75 Å². The molecule has 6 nitrogen and oxygen atoms in total. The van der Waals surface area contributed by atoms with Crippen molar-refractivity contribution in [3.05, 3.63) is 60.0 Å². The van der Waals surface area contributed by atoms with Crippen molar-refractivity contribution in [2.24, 2.45) is 0 Å². The lowest BCUT2D eigenvalue weighted by Gasteiger charge is -2.04. The van der Waals surface area contributed by atoms with E-state index in [1.54, 1.807) is 43.8 Å². The van der Waals surface area contributed by atoms with Crippen molar-refractivity contribution in [2.45, 2.75) is 6.54 Å². The maximum Gasteiger partial charge on any atom is 0.292 e. The molecule has 2 N–H and O–H groups in total. The zero-order valence-corrected chi connectivity index (χ0v) is 12.5. The van der Waals surface area contributed by atoms with Crippen molar-refractivity contribution in [1.82, 2.24) is 15.3 Å². The highest BCUT2D eigenvalue weighted by Gasteiger charge is 2.20. The molecule has 0 spiro atoms. The predicted molar refractivity (Wildman–Crippen MR) is 85.3 cm³/mol. The molecule has 0 aliphatic rings. The number of benzene rings is 1. The standard InChI is InChI=1S/C17H15N3O3/c1-23-12-4-5-15-13(7-12)14(10-19-15)16(21)17(22)20-9-11-3-2-6-18-8-11/h2-8,10,19H,9H2,1H3,(H,20,22). The lowest BCUT2D eigenvalue weighted by molar-refractivity contribution is -0.117. The molecule has 0 saturated carbocycles. The summed E-state index contributed by atoms with van der Waals surface area (Å²) in [5.74, 6) is -0.618. The van der Waals surface area contributed by atoms with Crippen LogP contribution in [0.5, 0.6) is 5.75 Å². The second-order valence-corrected chi connectivity index (χ2v) is 4.99. The summed E-state index contributed by atoms with van der Waals surface area (Å²) in [6.45, 7) is 0.254. The van der Waals surface area contributed by atoms with Crippen molar-refractivity contribution < 1.29 is 14.3 Å². The second-order valence-electron chi connectivity index (χ2n) is 4.99. The normalized spacial score (nSPS) is 10.5. The Labute approximate surface area is 132 Å². The molecule has 0 saturated heterocycles. The molecule has 0 fully saturated rings. The van der Waals surface area contributed by atoms with E-state index in [0.717, 1.165) is 11.1 Å². The van der Waals surface area contributed by atoms with Crippen LogP contribution in [0.2, 0.25) is 0 Å². The number of hydrogen-bond acceptors (Lipinski definition) is 4. The van der Waals surface area contributed by atoms with E-state index in [4.69, 9.17) is 4.74 Å². The summed E-state index contributed by atoms with van der Waals surface area (Å²) < 4.78 is 5.16. The van der Waals surface area contributed by atoms with Crippen LogP contribution in [0.1, 0.15) is 15.9 Å². The number of carbonyl (C=O) groups is 2. The van der Waals surface area contributed by atoms with Crippen LogP contribution in [0, 0.1) is 0 Å². The lowest BCUT2D eigenvalue weighted by atomic mass is 10.1. The van der Waals surface area contributed by atoms with E-state index in [1.807, 2.05) is 6.07 Å². The molecule has 2 heterocycles. The van der Waals surface area contributed by atoms with E-state index in [9.17, 15) is 9.59 Å². The number of pyridine rings is 1. The predicted octanol–water partition coefficient (Wildman–Crippen LogP) is 2.07. The summed E-state index contributed by atoms with van der Waals surface area (Å²) in [4.78, 5) is 31.4. The Balaban J connectivity index is 1.78. The molecule has 0 radical (unpaired) electrons. The first-order valence-corrected chi connectivity index (χ1v) is 7.05. The molecule has 3 rings (SSSR count). The number of nitrogens with zero attached hydrogens (tertiary/aromatic N) is 1. The number of Topliss-reactive ketones (excluding diaryl/α,β-unsaturated/α-hetero) is 1. The fraction of sp³-hybridized carbons (Fsp3) is 0.118. The molecule has 1 amide bonds. The minimum Gasteiger partial charge on any atom is -0.497 e. The minimum absolute atomic E-state index is 0.254. The topological polar surface area (TPSA) is 84.1 Å². The fourth-order valence-corrected chi connectivity index (χ4v) is 2.30. The number of nitrogens with one attached hydrogen (secondary N) is 2. The third kappa shape index (κ3) is 3.06. The highest BCUT2D eigenvalue weighted by Crippen LogP contribution is 2.23. The Hall–Kier alpha value is -3.15. The van der Waals surface area contributed by atoms with Gasteiger partial charge in [0, 0.05) is 36.0 Å². The van der Waals surface area contributed by atoms with Gasteiger partial charge in [0.05, 0.1) is 12.7 Å². The van der Waals surface area contributed by atoms with Gasteiger partial charge in [0.25, 0.3) is 11.7 Å². The smallest absolute Gasteiger partial charge is 0.292 e. The average Bonchev–Trinajstić information content (AvgIpc) is 3.02. The number of H-pyrrole nitrogens is 1. The third-order valence-electron chi connectivity index (χ3n) is 3.52. The Morgan fingerprint density at radius 3 is 2.91 bits per heavy atom. The van der Waals surface area contributed by atoms with E-state index in [1.165, 1.54) is 6.20 Å². The quantitative estimate of drug-likeness (QED) is 0.558. The number of aromatic amines is 1. The summed E-state index contributed by atoms with van der Waals surface area (Å²) in [5.41, 5.74) is 1.92. The third-order valence-corrected chi connectivity index (χ3v) is 3.52. The van der Waals surface area contributed by atoms with E-state index in [-0.39, 0.29) is 6.54 Å². The average molecular weight is 309 g/mol. The summed E-state index contributed by atoms with van der Waals surface area (Å²) in [6, 6.07) is 8.92. The van der Waals surface area contributed by atoms with E-state index >= 15 is 0 Å². The van der Waals surface area contributed by atoms with Crippen molar-refractivity contribution in [2.75, 3.05) is 7.11 Å². The number of hydrogen-bond donors (Lipinski definition) is 2. The van der Waals surface area contributed by atoms with Crippen LogP contribution < -0.4 is 10.1 Å². The summed E-state index contributed by atoms with van der Waals surface area (Å²) in [7, 11) is 1.55. The van der Waals surface area contributed by atoms with Crippen molar-refractivity contribution in [1.29, 1.82) is 0 Å². The Morgan fingerprint density at radius 2 is 2.17 bits per heavy atom. The molecule has 0 aliphatic heterocycles. The maximum atomic E-state index is 12.4. The highest BCUT2D eigenvalue weighted by atomic mass is 16.5. The molecule has 6 heteroatoms. The van der Waals surface area contributed by atoms with E-state index < -0.39 is 11.7 Å². The largest absolute Gasteiger partial charge is 0.497 e. The number of aromatic nitrogens is 2. The van der Waals surface area contributed by atoms with Gasteiger partial charge in [-0.1, -0.05) is 6.07 Å². The SMILES string of the molecule is COc1ccc2[nH]cc(C(=O)C(=O)NCc3cccnc3)c2c1. The molecule has 0 aliphatic carbocycles. The van der Waals surface area contributed by atoms with Gasteiger partial charge in [0.2, 0.25) is 0 Å². The molecule has 0 unspecified atom stereocenters. The van der Waals surface area contributed by atoms with Crippen LogP contribution in [-0.4, -0.2) is 28.8 Å². The van der Waals surface area contributed by atoms with E-state index in [2.05, 4.69) is 15.3 Å². The molecule has 1 aromatic carbocycles. The van der Waals surface area contributed by atoms with Crippen molar-refractivity contribution >= 4 is 22.6 Å². The lowest BCUT2D eigenvalue weighted by Crippen LogP contribution is -2.30. The van der Waals surface area contributed by atoms with Gasteiger partial charge in [0.1, 0.15) is 5.75 Å². The first-order chi connectivity index (χ1) is 11.2. The first kappa shape index (κ1) is 14.8. The summed E-state index contributed by atoms with van der Waals surface area (Å²) in [5, 5.41) is 3.26. The minimum atomic E-state index is -0.655. The number of amides is 1. The first-order valence-electron chi connectivity index (χ1n) is 7.05. The number of methoxy groups -OCH3 is 1. The van der Waals surface area contributed by atoms with Gasteiger partial charge in [0.15, 0.2) is 0 Å². The molecule has 116 valence electrons. The molecular weight excluding hydrogens is 294 g/mol. The van der Waals surface area contributed by atoms with Gasteiger partial charge in [-0.25, -0.2) is 0 Å². The Bertz CT molecular complexity index is 856. The monoisotopic (exact) mass is 309 g/mol. The van der Waals surface area contributed by atoms with Crippen LogP contribution in [0.3, 0.4) is 0 Å². The fourth-order valence-electron chi connectivity index (χ4n) is 2.30. The number of carbonyl (C=O) groups excluding carboxylic acids is 2. The maximum absolute atomic E-state index is 12.4. The van der Waals surface area contributed by atoms with Crippen LogP contribution in [0.15, 0.2) is 48.9 Å². The van der Waals surface area contributed by atoms with E-state index in [0.29, 0.717) is 16.7 Å². The van der Waals surface area contributed by atoms with Crippen LogP contribution >= 0.6 is 0 Å². The molecule has 0 bridgehead atoms. The molecule has 2 aromatic heterocycles. The van der Waals surface area contributed by atoms with Gasteiger partial charge in [-0.15, -0.1) is 0 Å². The second kappa shape index (κ2) is 6.31. The number of rotatable bonds is 5. The molecule has 23 heavy (non-hydrogen) atoms. The van der Waals surface area contributed by atoms with Crippen LogP contribution in [0.25, 0.3) is 10.9 Å². The molecular formula is C17H15N3O3. The van der Waals surface area contributed by atoms with Gasteiger partial charge in [-0.05, 0) is 29.8 Å². The number of ketones is 1. The highest BCUT2D eigenvalue weighted by molar-refractivity contribution is 6.44. The number of fused-ring (bicyclic) bond motifs is 1. The molecule has 0 atom stereocenters. The van der Waals surface area contributed by atoms with Crippen molar-refractivity contribution in [3.63, 3.8) is 0 Å². The summed E-state index contributed by atoms with van der Waals surface area (Å²) in [6.07, 6.45) is 4.83. The summed E-state index contributed by atoms with van der Waals surface area (Å²) >= 11 is 0. The number of ether oxygens (including phenoxy) is 1. The van der Waals surface area contributed by atoms with Gasteiger partial charge < -0.3 is 15.0 Å². The van der Waals surface area contributed by atoms with Crippen LogP contribution in [-0.2, 0) is 11.3 Å². The molecule has 3 aromatic rings. The zero-order valence-electron chi connectivity index (χ0n) is 12.5.